The van der Waals surface area contributed by atoms with Crippen LogP contribution in [-0.2, 0) is 28.6 Å². The number of hydrogen-bond donors (Lipinski definition) is 0. The summed E-state index contributed by atoms with van der Waals surface area (Å²) in [6.45, 7) is 6.56. The standard InChI is InChI=1S/C57H100O6/c1-4-7-10-13-16-19-22-25-28-31-34-37-40-43-46-49-55(58)61-52-54(63-57(60)51-48-45-42-39-36-33-30-27-24-21-18-15-12-9-6-3)53-62-56(59)50-47-44-41-38-35-32-29-26-23-20-17-14-11-8-5-2/h16,18-19,21,25-30,54H,4-15,17,20,22-24,31-53H2,1-3H3/t54-/m0/s1. The molecule has 0 radical (unpaired) electrons. The van der Waals surface area contributed by atoms with Crippen molar-refractivity contribution in [2.75, 3.05) is 13.2 Å². The van der Waals surface area contributed by atoms with Crippen LogP contribution < -0.4 is 0 Å². The predicted molar refractivity (Wildman–Crippen MR) is 270 cm³/mol. The van der Waals surface area contributed by atoms with Crippen LogP contribution in [-0.4, -0.2) is 37.2 Å². The Labute approximate surface area is 390 Å². The van der Waals surface area contributed by atoms with Crippen molar-refractivity contribution in [1.82, 2.24) is 0 Å². The topological polar surface area (TPSA) is 78.9 Å². The summed E-state index contributed by atoms with van der Waals surface area (Å²) in [5, 5.41) is 0. The molecule has 0 amide bonds. The van der Waals surface area contributed by atoms with Gasteiger partial charge < -0.3 is 14.2 Å². The lowest BCUT2D eigenvalue weighted by Gasteiger charge is -2.18. The van der Waals surface area contributed by atoms with E-state index >= 15 is 0 Å². The van der Waals surface area contributed by atoms with Gasteiger partial charge in [0, 0.05) is 19.3 Å². The van der Waals surface area contributed by atoms with Gasteiger partial charge in [0.15, 0.2) is 6.10 Å². The third kappa shape index (κ3) is 50.0. The van der Waals surface area contributed by atoms with Crippen molar-refractivity contribution in [2.24, 2.45) is 0 Å². The number of carbonyl (C=O) groups is 3. The van der Waals surface area contributed by atoms with Crippen LogP contribution in [0.4, 0.5) is 0 Å². The van der Waals surface area contributed by atoms with Crippen LogP contribution in [0.3, 0.4) is 0 Å². The summed E-state index contributed by atoms with van der Waals surface area (Å²) >= 11 is 0. The van der Waals surface area contributed by atoms with E-state index in [9.17, 15) is 14.4 Å². The van der Waals surface area contributed by atoms with Crippen LogP contribution in [0.15, 0.2) is 60.8 Å². The molecule has 0 rings (SSSR count). The van der Waals surface area contributed by atoms with Crippen molar-refractivity contribution in [3.63, 3.8) is 0 Å². The molecule has 0 bridgehead atoms. The molecular weight excluding hydrogens is 781 g/mol. The average Bonchev–Trinajstić information content (AvgIpc) is 3.28. The molecule has 364 valence electrons. The number of esters is 3. The first-order chi connectivity index (χ1) is 31.0. The third-order valence-electron chi connectivity index (χ3n) is 11.5. The minimum Gasteiger partial charge on any atom is -0.462 e. The number of hydrogen-bond acceptors (Lipinski definition) is 6. The van der Waals surface area contributed by atoms with Gasteiger partial charge in [0.1, 0.15) is 13.2 Å². The van der Waals surface area contributed by atoms with Crippen LogP contribution in [0, 0.1) is 0 Å². The molecule has 0 spiro atoms. The number of carbonyl (C=O) groups excluding carboxylic acids is 3. The Hall–Kier alpha value is -2.89. The van der Waals surface area contributed by atoms with Crippen LogP contribution in [0.1, 0.15) is 265 Å². The zero-order valence-corrected chi connectivity index (χ0v) is 41.6. The molecule has 0 aromatic carbocycles. The summed E-state index contributed by atoms with van der Waals surface area (Å²) in [7, 11) is 0. The first-order valence-corrected chi connectivity index (χ1v) is 26.8. The molecule has 0 aliphatic carbocycles. The van der Waals surface area contributed by atoms with E-state index in [1.54, 1.807) is 0 Å². The van der Waals surface area contributed by atoms with Crippen molar-refractivity contribution < 1.29 is 28.6 Å². The lowest BCUT2D eigenvalue weighted by Crippen LogP contribution is -2.30. The maximum atomic E-state index is 12.8. The zero-order chi connectivity index (χ0) is 45.8. The molecule has 0 fully saturated rings. The van der Waals surface area contributed by atoms with Gasteiger partial charge in [-0.15, -0.1) is 0 Å². The van der Waals surface area contributed by atoms with Gasteiger partial charge >= 0.3 is 17.9 Å². The van der Waals surface area contributed by atoms with Gasteiger partial charge in [-0.2, -0.15) is 0 Å². The van der Waals surface area contributed by atoms with Gasteiger partial charge in [-0.25, -0.2) is 0 Å². The molecular formula is C57H100O6. The quantitative estimate of drug-likeness (QED) is 0.0262. The smallest absolute Gasteiger partial charge is 0.306 e. The summed E-state index contributed by atoms with van der Waals surface area (Å²) < 4.78 is 16.8. The first-order valence-electron chi connectivity index (χ1n) is 26.8. The average molecular weight is 881 g/mol. The molecule has 63 heavy (non-hydrogen) atoms. The van der Waals surface area contributed by atoms with E-state index < -0.39 is 6.10 Å². The monoisotopic (exact) mass is 881 g/mol. The molecule has 1 atom stereocenters. The number of rotatable bonds is 48. The van der Waals surface area contributed by atoms with Crippen LogP contribution in [0.5, 0.6) is 0 Å². The van der Waals surface area contributed by atoms with E-state index in [1.807, 2.05) is 0 Å². The number of unbranched alkanes of at least 4 members (excludes halogenated alkanes) is 27. The Bertz CT molecular complexity index is 1150. The summed E-state index contributed by atoms with van der Waals surface area (Å²) in [6, 6.07) is 0. The van der Waals surface area contributed by atoms with Crippen LogP contribution in [0.25, 0.3) is 0 Å². The highest BCUT2D eigenvalue weighted by atomic mass is 16.6. The van der Waals surface area contributed by atoms with Crippen LogP contribution in [0.2, 0.25) is 0 Å². The fourth-order valence-electron chi connectivity index (χ4n) is 7.38. The van der Waals surface area contributed by atoms with E-state index in [0.717, 1.165) is 109 Å². The van der Waals surface area contributed by atoms with Crippen molar-refractivity contribution in [3.05, 3.63) is 60.8 Å². The summed E-state index contributed by atoms with van der Waals surface area (Å²) in [5.74, 6) is -0.919. The third-order valence-corrected chi connectivity index (χ3v) is 11.5. The van der Waals surface area contributed by atoms with E-state index in [-0.39, 0.29) is 31.1 Å². The number of ether oxygens (including phenoxy) is 3. The second kappa shape index (κ2) is 51.7. The van der Waals surface area contributed by atoms with Crippen molar-refractivity contribution in [3.8, 4) is 0 Å². The molecule has 6 heteroatoms. The summed E-state index contributed by atoms with van der Waals surface area (Å²) in [4.78, 5) is 38.0. The largest absolute Gasteiger partial charge is 0.462 e. The van der Waals surface area contributed by atoms with Gasteiger partial charge in [0.2, 0.25) is 0 Å². The minimum atomic E-state index is -0.790. The van der Waals surface area contributed by atoms with Crippen LogP contribution >= 0.6 is 0 Å². The summed E-state index contributed by atoms with van der Waals surface area (Å²) in [6.07, 6.45) is 63.4. The maximum absolute atomic E-state index is 12.8. The van der Waals surface area contributed by atoms with Crippen molar-refractivity contribution >= 4 is 17.9 Å². The molecule has 0 saturated heterocycles. The Morgan fingerprint density at radius 1 is 0.317 bits per heavy atom. The molecule has 6 nitrogen and oxygen atoms in total. The molecule has 0 unspecified atom stereocenters. The highest BCUT2D eigenvalue weighted by molar-refractivity contribution is 5.71. The lowest BCUT2D eigenvalue weighted by molar-refractivity contribution is -0.167. The van der Waals surface area contributed by atoms with Gasteiger partial charge in [-0.3, -0.25) is 14.4 Å². The van der Waals surface area contributed by atoms with Crippen molar-refractivity contribution in [1.29, 1.82) is 0 Å². The maximum Gasteiger partial charge on any atom is 0.306 e. The van der Waals surface area contributed by atoms with E-state index in [2.05, 4.69) is 81.5 Å². The Morgan fingerprint density at radius 2 is 0.571 bits per heavy atom. The van der Waals surface area contributed by atoms with E-state index in [0.29, 0.717) is 19.3 Å². The molecule has 0 N–H and O–H groups in total. The van der Waals surface area contributed by atoms with E-state index in [4.69, 9.17) is 14.2 Å². The molecule has 0 aromatic heterocycles. The molecule has 0 aliphatic rings. The molecule has 0 aliphatic heterocycles. The van der Waals surface area contributed by atoms with E-state index in [1.165, 1.54) is 116 Å². The second-order valence-corrected chi connectivity index (χ2v) is 17.8. The SMILES string of the molecule is CCCCCC=CCC=CCCCCCCCC(=O)OC[C@@H](COC(=O)CCCCCCCC=CCCCCCCCC)OC(=O)CCCCCCCC=CCC=CCCCCC. The van der Waals surface area contributed by atoms with Gasteiger partial charge in [0.25, 0.3) is 0 Å². The fraction of sp³-hybridized carbons (Fsp3) is 0.772. The van der Waals surface area contributed by atoms with Crippen molar-refractivity contribution in [2.45, 2.75) is 271 Å². The summed E-state index contributed by atoms with van der Waals surface area (Å²) in [5.41, 5.74) is 0. The fourth-order valence-corrected chi connectivity index (χ4v) is 7.38. The highest BCUT2D eigenvalue weighted by Gasteiger charge is 2.19. The molecule has 0 aromatic rings. The normalized spacial score (nSPS) is 12.5. The Balaban J connectivity index is 4.44. The zero-order valence-electron chi connectivity index (χ0n) is 41.6. The predicted octanol–water partition coefficient (Wildman–Crippen LogP) is 17.6. The van der Waals surface area contributed by atoms with Gasteiger partial charge in [-0.1, -0.05) is 197 Å². The molecule has 0 saturated carbocycles. The van der Waals surface area contributed by atoms with Gasteiger partial charge in [-0.05, 0) is 109 Å². The Morgan fingerprint density at radius 3 is 0.921 bits per heavy atom. The lowest BCUT2D eigenvalue weighted by atomic mass is 10.1. The first kappa shape index (κ1) is 60.1. The minimum absolute atomic E-state index is 0.0885. The Kier molecular flexibility index (Phi) is 49.4. The van der Waals surface area contributed by atoms with Gasteiger partial charge in [0.05, 0.1) is 0 Å². The molecule has 0 heterocycles. The highest BCUT2D eigenvalue weighted by Crippen LogP contribution is 2.14. The number of allylic oxidation sites excluding steroid dienone is 10. The second-order valence-electron chi connectivity index (χ2n) is 17.8.